The van der Waals surface area contributed by atoms with Gasteiger partial charge in [0.15, 0.2) is 11.5 Å². The molecule has 0 fully saturated rings. The largest absolute Gasteiger partial charge is 0.291 e. The van der Waals surface area contributed by atoms with Crippen LogP contribution in [0.25, 0.3) is 0 Å². The van der Waals surface area contributed by atoms with Crippen molar-refractivity contribution in [3.8, 4) is 0 Å². The highest BCUT2D eigenvalue weighted by atomic mass is 19.1. The Bertz CT molecular complexity index is 144. The van der Waals surface area contributed by atoms with Crippen LogP contribution in [0.3, 0.4) is 0 Å². The molecule has 3 heteroatoms. The van der Waals surface area contributed by atoms with Crippen molar-refractivity contribution >= 4 is 11.6 Å². The quantitative estimate of drug-likeness (QED) is 0.523. The second-order valence-corrected chi connectivity index (χ2v) is 2.36. The van der Waals surface area contributed by atoms with Crippen LogP contribution in [-0.2, 0) is 9.59 Å². The van der Waals surface area contributed by atoms with Gasteiger partial charge in [0.1, 0.15) is 0 Å². The van der Waals surface area contributed by atoms with Gasteiger partial charge in [-0.1, -0.05) is 0 Å². The Hall–Kier alpha value is -0.730. The fourth-order valence-electron chi connectivity index (χ4n) is 0.419. The minimum Gasteiger partial charge on any atom is -0.291 e. The Morgan fingerprint density at radius 2 is 1.67 bits per heavy atom. The molecule has 0 amide bonds. The number of rotatable bonds is 2. The predicted octanol–water partition coefficient (Wildman–Crippen LogP) is 0.893. The van der Waals surface area contributed by atoms with Crippen molar-refractivity contribution < 1.29 is 14.0 Å². The van der Waals surface area contributed by atoms with E-state index in [1.165, 1.54) is 0 Å². The van der Waals surface area contributed by atoms with Gasteiger partial charge >= 0.3 is 0 Å². The van der Waals surface area contributed by atoms with Gasteiger partial charge in [0.2, 0.25) is 5.78 Å². The fraction of sp³-hybridized carbons (Fsp3) is 0.667. The molecule has 0 aromatic rings. The van der Waals surface area contributed by atoms with Crippen molar-refractivity contribution in [2.75, 3.05) is 0 Å². The zero-order chi connectivity index (χ0) is 7.65. The highest BCUT2D eigenvalue weighted by molar-refractivity contribution is 6.39. The van der Waals surface area contributed by atoms with Crippen molar-refractivity contribution in [2.45, 2.75) is 26.4 Å². The fourth-order valence-corrected chi connectivity index (χ4v) is 0.419. The highest BCUT2D eigenvalue weighted by Crippen LogP contribution is 2.09. The average Bonchev–Trinajstić information content (AvgIpc) is 1.62. The van der Waals surface area contributed by atoms with Crippen LogP contribution >= 0.6 is 0 Å². The summed E-state index contributed by atoms with van der Waals surface area (Å²) in [6.07, 6.45) is 0. The first-order valence-electron chi connectivity index (χ1n) is 2.60. The molecule has 0 saturated carbocycles. The van der Waals surface area contributed by atoms with Crippen LogP contribution in [0.4, 0.5) is 4.39 Å². The predicted molar refractivity (Wildman–Crippen MR) is 30.9 cm³/mol. The first-order valence-corrected chi connectivity index (χ1v) is 2.60. The summed E-state index contributed by atoms with van der Waals surface area (Å²) in [6.45, 7) is 3.19. The Labute approximate surface area is 53.1 Å². The van der Waals surface area contributed by atoms with Gasteiger partial charge in [-0.05, 0) is 13.8 Å². The number of hydrogen-bond acceptors (Lipinski definition) is 2. The van der Waals surface area contributed by atoms with Crippen LogP contribution in [0.1, 0.15) is 20.8 Å². The molecule has 0 heterocycles. The number of halogens is 1. The summed E-state index contributed by atoms with van der Waals surface area (Å²) < 4.78 is 12.5. The molecular formula is C6H9FO2. The zero-order valence-electron chi connectivity index (χ0n) is 5.69. The molecule has 2 nitrogen and oxygen atoms in total. The number of carbonyl (C=O) groups excluding carboxylic acids is 2. The van der Waals surface area contributed by atoms with E-state index in [1.54, 1.807) is 0 Å². The van der Waals surface area contributed by atoms with Crippen LogP contribution in [0.15, 0.2) is 0 Å². The summed E-state index contributed by atoms with van der Waals surface area (Å²) in [5, 5.41) is 0. The summed E-state index contributed by atoms with van der Waals surface area (Å²) in [6, 6.07) is 0. The highest BCUT2D eigenvalue weighted by Gasteiger charge is 2.29. The molecule has 0 aliphatic rings. The summed E-state index contributed by atoms with van der Waals surface area (Å²) >= 11 is 0. The summed E-state index contributed by atoms with van der Waals surface area (Å²) in [5.41, 5.74) is -2.01. The van der Waals surface area contributed by atoms with Crippen molar-refractivity contribution in [3.05, 3.63) is 0 Å². The van der Waals surface area contributed by atoms with Gasteiger partial charge in [0.05, 0.1) is 0 Å². The van der Waals surface area contributed by atoms with Crippen LogP contribution in [0, 0.1) is 0 Å². The first-order chi connectivity index (χ1) is 3.85. The van der Waals surface area contributed by atoms with E-state index >= 15 is 0 Å². The Kier molecular flexibility index (Phi) is 2.07. The maximum Gasteiger partial charge on any atom is 0.234 e. The lowest BCUT2D eigenvalue weighted by Gasteiger charge is -2.07. The lowest BCUT2D eigenvalue weighted by Crippen LogP contribution is -2.31. The minimum absolute atomic E-state index is 0.734. The smallest absolute Gasteiger partial charge is 0.234 e. The summed E-state index contributed by atoms with van der Waals surface area (Å²) in [4.78, 5) is 20.6. The minimum atomic E-state index is -2.01. The van der Waals surface area contributed by atoms with Crippen LogP contribution in [0.2, 0.25) is 0 Å². The van der Waals surface area contributed by atoms with E-state index < -0.39 is 17.2 Å². The van der Waals surface area contributed by atoms with Crippen LogP contribution in [-0.4, -0.2) is 17.2 Å². The standard InChI is InChI=1S/C6H9FO2/c1-4(8)5(9)6(2,3)7/h1-3H3. The molecule has 0 aliphatic carbocycles. The third-order valence-electron chi connectivity index (χ3n) is 0.860. The topological polar surface area (TPSA) is 34.1 Å². The Balaban J connectivity index is 4.23. The van der Waals surface area contributed by atoms with Gasteiger partial charge in [-0.25, -0.2) is 4.39 Å². The van der Waals surface area contributed by atoms with Crippen LogP contribution in [0.5, 0.6) is 0 Å². The lowest BCUT2D eigenvalue weighted by atomic mass is 10.0. The molecule has 0 bridgehead atoms. The molecule has 0 atom stereocenters. The zero-order valence-corrected chi connectivity index (χ0v) is 5.69. The SMILES string of the molecule is CC(=O)C(=O)C(C)(C)F. The maximum atomic E-state index is 12.5. The van der Waals surface area contributed by atoms with E-state index in [-0.39, 0.29) is 0 Å². The molecule has 0 aliphatic heterocycles. The molecule has 0 spiro atoms. The summed E-state index contributed by atoms with van der Waals surface area (Å²) in [5.74, 6) is -1.70. The number of hydrogen-bond donors (Lipinski definition) is 0. The lowest BCUT2D eigenvalue weighted by molar-refractivity contribution is -0.141. The van der Waals surface area contributed by atoms with Gasteiger partial charge in [0, 0.05) is 6.92 Å². The average molecular weight is 132 g/mol. The van der Waals surface area contributed by atoms with Crippen molar-refractivity contribution in [1.29, 1.82) is 0 Å². The second kappa shape index (κ2) is 2.25. The normalized spacial score (nSPS) is 11.1. The molecule has 0 saturated heterocycles. The van der Waals surface area contributed by atoms with E-state index in [2.05, 4.69) is 0 Å². The molecule has 0 aromatic heterocycles. The third kappa shape index (κ3) is 2.35. The molecule has 0 unspecified atom stereocenters. The van der Waals surface area contributed by atoms with Gasteiger partial charge in [0.25, 0.3) is 0 Å². The van der Waals surface area contributed by atoms with Gasteiger partial charge in [-0.15, -0.1) is 0 Å². The molecule has 0 N–H and O–H groups in total. The monoisotopic (exact) mass is 132 g/mol. The number of alkyl halides is 1. The van der Waals surface area contributed by atoms with Gasteiger partial charge < -0.3 is 0 Å². The number of Topliss-reactive ketones (excluding diaryl/α,β-unsaturated/α-hetero) is 2. The molecule has 0 aromatic carbocycles. The van der Waals surface area contributed by atoms with E-state index in [1.807, 2.05) is 0 Å². The van der Waals surface area contributed by atoms with Crippen LogP contribution < -0.4 is 0 Å². The summed E-state index contributed by atoms with van der Waals surface area (Å²) in [7, 11) is 0. The maximum absolute atomic E-state index is 12.5. The van der Waals surface area contributed by atoms with Gasteiger partial charge in [-0.3, -0.25) is 9.59 Å². The Morgan fingerprint density at radius 3 is 1.67 bits per heavy atom. The Morgan fingerprint density at radius 1 is 1.33 bits per heavy atom. The molecule has 0 radical (unpaired) electrons. The third-order valence-corrected chi connectivity index (χ3v) is 0.860. The van der Waals surface area contributed by atoms with E-state index in [4.69, 9.17) is 0 Å². The van der Waals surface area contributed by atoms with Gasteiger partial charge in [-0.2, -0.15) is 0 Å². The second-order valence-electron chi connectivity index (χ2n) is 2.36. The number of ketones is 2. The number of carbonyl (C=O) groups is 2. The van der Waals surface area contributed by atoms with Crippen molar-refractivity contribution in [3.63, 3.8) is 0 Å². The van der Waals surface area contributed by atoms with Crippen molar-refractivity contribution in [2.24, 2.45) is 0 Å². The van der Waals surface area contributed by atoms with E-state index in [0.29, 0.717) is 0 Å². The van der Waals surface area contributed by atoms with Crippen molar-refractivity contribution in [1.82, 2.24) is 0 Å². The molecular weight excluding hydrogens is 123 g/mol. The first kappa shape index (κ1) is 8.27. The van der Waals surface area contributed by atoms with E-state index in [0.717, 1.165) is 20.8 Å². The molecule has 52 valence electrons. The van der Waals surface area contributed by atoms with E-state index in [9.17, 15) is 14.0 Å². The molecule has 9 heavy (non-hydrogen) atoms. The molecule has 0 rings (SSSR count).